The maximum Gasteiger partial charge on any atom is 0.218 e. The fraction of sp³-hybridized carbons (Fsp3) is 0.438. The molecule has 0 aliphatic heterocycles. The third kappa shape index (κ3) is 4.32. The highest BCUT2D eigenvalue weighted by molar-refractivity contribution is 7.11. The third-order valence-corrected chi connectivity index (χ3v) is 4.11. The second-order valence-corrected chi connectivity index (χ2v) is 6.21. The topological polar surface area (TPSA) is 34.2 Å². The summed E-state index contributed by atoms with van der Waals surface area (Å²) in [5.74, 6) is 0.732. The minimum Gasteiger partial charge on any atom is -0.475 e. The fourth-order valence-electron chi connectivity index (χ4n) is 1.92. The predicted molar refractivity (Wildman–Crippen MR) is 84.2 cm³/mol. The summed E-state index contributed by atoms with van der Waals surface area (Å²) in [6, 6.07) is 8.42. The van der Waals surface area contributed by atoms with E-state index in [9.17, 15) is 0 Å². The summed E-state index contributed by atoms with van der Waals surface area (Å²) in [4.78, 5) is 7.11. The van der Waals surface area contributed by atoms with Crippen LogP contribution >= 0.6 is 11.3 Å². The zero-order chi connectivity index (χ0) is 14.4. The average molecular weight is 290 g/mol. The van der Waals surface area contributed by atoms with Crippen molar-refractivity contribution in [3.05, 3.63) is 45.8 Å². The SMILES string of the molecule is CCc1ccc(CNCc2cccnc2OC(C)C)s1. The number of nitrogens with one attached hydrogen (secondary N) is 1. The molecule has 0 amide bonds. The van der Waals surface area contributed by atoms with Crippen LogP contribution in [-0.2, 0) is 19.5 Å². The molecule has 2 rings (SSSR count). The van der Waals surface area contributed by atoms with Crippen LogP contribution in [0.2, 0.25) is 0 Å². The number of ether oxygens (including phenoxy) is 1. The summed E-state index contributed by atoms with van der Waals surface area (Å²) in [5.41, 5.74) is 1.11. The molecule has 2 heterocycles. The van der Waals surface area contributed by atoms with Gasteiger partial charge in [0, 0.05) is 34.6 Å². The van der Waals surface area contributed by atoms with Crippen molar-refractivity contribution in [1.82, 2.24) is 10.3 Å². The maximum absolute atomic E-state index is 5.72. The molecule has 3 nitrogen and oxygen atoms in total. The summed E-state index contributed by atoms with van der Waals surface area (Å²) in [6.07, 6.45) is 3.03. The molecule has 0 spiro atoms. The summed E-state index contributed by atoms with van der Waals surface area (Å²) in [5, 5.41) is 3.46. The molecule has 0 unspecified atom stereocenters. The largest absolute Gasteiger partial charge is 0.475 e. The first kappa shape index (κ1) is 15.0. The fourth-order valence-corrected chi connectivity index (χ4v) is 2.84. The minimum absolute atomic E-state index is 0.146. The standard InChI is InChI=1S/C16H22N2OS/c1-4-14-7-8-15(20-14)11-17-10-13-6-5-9-18-16(13)19-12(2)3/h5-9,12,17H,4,10-11H2,1-3H3. The van der Waals surface area contributed by atoms with E-state index in [1.807, 2.05) is 31.3 Å². The Hall–Kier alpha value is -1.39. The molecule has 0 radical (unpaired) electrons. The summed E-state index contributed by atoms with van der Waals surface area (Å²) < 4.78 is 5.72. The van der Waals surface area contributed by atoms with Crippen molar-refractivity contribution in [2.75, 3.05) is 0 Å². The first-order chi connectivity index (χ1) is 9.69. The van der Waals surface area contributed by atoms with E-state index in [1.54, 1.807) is 6.20 Å². The Morgan fingerprint density at radius 1 is 1.20 bits per heavy atom. The van der Waals surface area contributed by atoms with E-state index >= 15 is 0 Å². The lowest BCUT2D eigenvalue weighted by atomic mass is 10.2. The number of hydrogen-bond donors (Lipinski definition) is 1. The van der Waals surface area contributed by atoms with Crippen molar-refractivity contribution in [2.45, 2.75) is 46.4 Å². The second kappa shape index (κ2) is 7.41. The van der Waals surface area contributed by atoms with Gasteiger partial charge in [0.05, 0.1) is 6.10 Å². The van der Waals surface area contributed by atoms with E-state index in [0.29, 0.717) is 0 Å². The second-order valence-electron chi connectivity index (χ2n) is 4.96. The van der Waals surface area contributed by atoms with E-state index in [0.717, 1.165) is 31.0 Å². The van der Waals surface area contributed by atoms with Gasteiger partial charge in [0.25, 0.3) is 0 Å². The first-order valence-electron chi connectivity index (χ1n) is 7.08. The van der Waals surface area contributed by atoms with Crippen molar-refractivity contribution in [2.24, 2.45) is 0 Å². The van der Waals surface area contributed by atoms with Gasteiger partial charge in [-0.1, -0.05) is 13.0 Å². The summed E-state index contributed by atoms with van der Waals surface area (Å²) in [6.45, 7) is 7.89. The molecule has 0 fully saturated rings. The van der Waals surface area contributed by atoms with Gasteiger partial charge in [-0.3, -0.25) is 0 Å². The number of pyridine rings is 1. The number of aromatic nitrogens is 1. The van der Waals surface area contributed by atoms with Crippen LogP contribution in [0, 0.1) is 0 Å². The normalized spacial score (nSPS) is 11.0. The van der Waals surface area contributed by atoms with Crippen molar-refractivity contribution in [3.63, 3.8) is 0 Å². The predicted octanol–water partition coefficient (Wildman–Crippen LogP) is 3.78. The number of thiophene rings is 1. The number of aryl methyl sites for hydroxylation is 1. The molecule has 0 atom stereocenters. The highest BCUT2D eigenvalue weighted by atomic mass is 32.1. The van der Waals surface area contributed by atoms with Gasteiger partial charge in [-0.2, -0.15) is 0 Å². The van der Waals surface area contributed by atoms with Crippen LogP contribution in [0.3, 0.4) is 0 Å². The Morgan fingerprint density at radius 2 is 2.00 bits per heavy atom. The highest BCUT2D eigenvalue weighted by Crippen LogP contribution is 2.18. The van der Waals surface area contributed by atoms with Gasteiger partial charge in [-0.25, -0.2) is 4.98 Å². The number of rotatable bonds is 7. The molecule has 2 aromatic rings. The van der Waals surface area contributed by atoms with Gasteiger partial charge < -0.3 is 10.1 Å². The molecular formula is C16H22N2OS. The van der Waals surface area contributed by atoms with Crippen LogP contribution in [-0.4, -0.2) is 11.1 Å². The van der Waals surface area contributed by atoms with Gasteiger partial charge in [-0.15, -0.1) is 11.3 Å². The van der Waals surface area contributed by atoms with Crippen LogP contribution in [0.4, 0.5) is 0 Å². The average Bonchev–Trinajstić information content (AvgIpc) is 2.88. The van der Waals surface area contributed by atoms with Crippen LogP contribution in [0.1, 0.15) is 36.1 Å². The van der Waals surface area contributed by atoms with Crippen LogP contribution < -0.4 is 10.1 Å². The van der Waals surface area contributed by atoms with Crippen LogP contribution in [0.5, 0.6) is 5.88 Å². The maximum atomic E-state index is 5.72. The van der Waals surface area contributed by atoms with Gasteiger partial charge in [0.15, 0.2) is 0 Å². The zero-order valence-corrected chi connectivity index (χ0v) is 13.2. The molecule has 1 N–H and O–H groups in total. The third-order valence-electron chi connectivity index (χ3n) is 2.88. The van der Waals surface area contributed by atoms with E-state index in [-0.39, 0.29) is 6.10 Å². The zero-order valence-electron chi connectivity index (χ0n) is 12.3. The van der Waals surface area contributed by atoms with Crippen LogP contribution in [0.15, 0.2) is 30.5 Å². The first-order valence-corrected chi connectivity index (χ1v) is 7.89. The molecule has 0 bridgehead atoms. The highest BCUT2D eigenvalue weighted by Gasteiger charge is 2.06. The Morgan fingerprint density at radius 3 is 2.70 bits per heavy atom. The van der Waals surface area contributed by atoms with E-state index in [1.165, 1.54) is 9.75 Å². The van der Waals surface area contributed by atoms with E-state index in [4.69, 9.17) is 4.74 Å². The summed E-state index contributed by atoms with van der Waals surface area (Å²) in [7, 11) is 0. The van der Waals surface area contributed by atoms with Crippen molar-refractivity contribution < 1.29 is 4.74 Å². The van der Waals surface area contributed by atoms with Crippen molar-refractivity contribution in [3.8, 4) is 5.88 Å². The molecule has 0 aliphatic rings. The van der Waals surface area contributed by atoms with E-state index in [2.05, 4.69) is 35.4 Å². The van der Waals surface area contributed by atoms with E-state index < -0.39 is 0 Å². The molecule has 0 saturated carbocycles. The van der Waals surface area contributed by atoms with Gasteiger partial charge >= 0.3 is 0 Å². The molecule has 108 valence electrons. The lowest BCUT2D eigenvalue weighted by molar-refractivity contribution is 0.229. The number of hydrogen-bond acceptors (Lipinski definition) is 4. The Kier molecular flexibility index (Phi) is 5.56. The van der Waals surface area contributed by atoms with Gasteiger partial charge in [-0.05, 0) is 38.5 Å². The molecule has 0 saturated heterocycles. The van der Waals surface area contributed by atoms with Crippen LogP contribution in [0.25, 0.3) is 0 Å². The molecular weight excluding hydrogens is 268 g/mol. The smallest absolute Gasteiger partial charge is 0.218 e. The summed E-state index contributed by atoms with van der Waals surface area (Å²) >= 11 is 1.87. The molecule has 4 heteroatoms. The Labute approximate surface area is 125 Å². The molecule has 20 heavy (non-hydrogen) atoms. The van der Waals surface area contributed by atoms with Gasteiger partial charge in [0.2, 0.25) is 5.88 Å². The quantitative estimate of drug-likeness (QED) is 0.842. The monoisotopic (exact) mass is 290 g/mol. The Balaban J connectivity index is 1.90. The number of nitrogens with zero attached hydrogens (tertiary/aromatic N) is 1. The minimum atomic E-state index is 0.146. The van der Waals surface area contributed by atoms with Crippen molar-refractivity contribution in [1.29, 1.82) is 0 Å². The Bertz CT molecular complexity index is 537. The molecule has 0 aromatic carbocycles. The van der Waals surface area contributed by atoms with Gasteiger partial charge in [0.1, 0.15) is 0 Å². The molecule has 2 aromatic heterocycles. The van der Waals surface area contributed by atoms with Crippen molar-refractivity contribution >= 4 is 11.3 Å². The lowest BCUT2D eigenvalue weighted by Gasteiger charge is -2.13. The lowest BCUT2D eigenvalue weighted by Crippen LogP contribution is -2.15. The molecule has 0 aliphatic carbocycles.